The van der Waals surface area contributed by atoms with Crippen molar-refractivity contribution < 1.29 is 14.6 Å². The molecule has 0 amide bonds. The minimum atomic E-state index is -0.669. The zero-order valence-corrected chi connectivity index (χ0v) is 15.3. The Morgan fingerprint density at radius 2 is 1.86 bits per heavy atom. The van der Waals surface area contributed by atoms with Crippen molar-refractivity contribution in [2.75, 3.05) is 11.4 Å². The van der Waals surface area contributed by atoms with Crippen LogP contribution in [0, 0.1) is 20.2 Å². The Hall–Kier alpha value is -3.81. The molecule has 0 saturated carbocycles. The molecule has 0 saturated heterocycles. The molecule has 0 bridgehead atoms. The normalized spacial score (nSPS) is 14.1. The predicted octanol–water partition coefficient (Wildman–Crippen LogP) is 4.60. The van der Waals surface area contributed by atoms with Crippen LogP contribution in [0.25, 0.3) is 11.6 Å². The van der Waals surface area contributed by atoms with Crippen molar-refractivity contribution in [2.45, 2.75) is 13.8 Å². The molecule has 0 aromatic heterocycles. The molecule has 0 aliphatic carbocycles. The molecular weight excluding hydrogens is 362 g/mol. The summed E-state index contributed by atoms with van der Waals surface area (Å²) < 4.78 is 0. The first-order valence-corrected chi connectivity index (χ1v) is 8.56. The summed E-state index contributed by atoms with van der Waals surface area (Å²) in [5, 5.41) is 22.3. The third-order valence-corrected chi connectivity index (χ3v) is 4.53. The lowest BCUT2D eigenvalue weighted by Gasteiger charge is -2.27. The van der Waals surface area contributed by atoms with Crippen LogP contribution in [0.5, 0.6) is 0 Å². The highest BCUT2D eigenvalue weighted by Crippen LogP contribution is 2.36. The quantitative estimate of drug-likeness (QED) is 0.427. The molecule has 1 heterocycles. The number of nitro benzene ring substituents is 2. The smallest absolute Gasteiger partial charge is 0.283 e. The van der Waals surface area contributed by atoms with E-state index in [9.17, 15) is 25.0 Å². The zero-order chi connectivity index (χ0) is 20.4. The van der Waals surface area contributed by atoms with Gasteiger partial charge < -0.3 is 4.90 Å². The molecule has 1 aliphatic rings. The van der Waals surface area contributed by atoms with Gasteiger partial charge in [0.05, 0.1) is 21.5 Å². The van der Waals surface area contributed by atoms with Crippen molar-refractivity contribution in [1.29, 1.82) is 0 Å². The fraction of sp³-hybridized carbons (Fsp3) is 0.150. The summed E-state index contributed by atoms with van der Waals surface area (Å²) in [5.41, 5.74) is 2.42. The minimum absolute atomic E-state index is 0.0823. The van der Waals surface area contributed by atoms with E-state index in [0.717, 1.165) is 17.3 Å². The molecule has 0 atom stereocenters. The van der Waals surface area contributed by atoms with Gasteiger partial charge in [-0.3, -0.25) is 25.0 Å². The van der Waals surface area contributed by atoms with Crippen molar-refractivity contribution in [3.05, 3.63) is 85.6 Å². The number of anilines is 1. The Morgan fingerprint density at radius 1 is 1.11 bits per heavy atom. The lowest BCUT2D eigenvalue weighted by molar-refractivity contribution is -0.394. The predicted molar refractivity (Wildman–Crippen MR) is 106 cm³/mol. The number of Topliss-reactive ketones (excluding diaryl/α,β-unsaturated/α-hetero) is 1. The van der Waals surface area contributed by atoms with Gasteiger partial charge in [-0.05, 0) is 55.8 Å². The third-order valence-electron chi connectivity index (χ3n) is 4.53. The lowest BCUT2D eigenvalue weighted by atomic mass is 9.94. The van der Waals surface area contributed by atoms with Crippen LogP contribution in [0.3, 0.4) is 0 Å². The second-order valence-electron chi connectivity index (χ2n) is 6.25. The van der Waals surface area contributed by atoms with Crippen LogP contribution >= 0.6 is 0 Å². The summed E-state index contributed by atoms with van der Waals surface area (Å²) in [6.45, 7) is 4.18. The molecule has 0 fully saturated rings. The van der Waals surface area contributed by atoms with E-state index in [1.807, 2.05) is 24.1 Å². The van der Waals surface area contributed by atoms with Gasteiger partial charge in [0, 0.05) is 35.6 Å². The van der Waals surface area contributed by atoms with Gasteiger partial charge in [-0.1, -0.05) is 0 Å². The molecule has 0 N–H and O–H groups in total. The second kappa shape index (κ2) is 7.43. The molecule has 1 aliphatic heterocycles. The molecule has 2 aromatic rings. The van der Waals surface area contributed by atoms with Crippen LogP contribution in [0.4, 0.5) is 17.1 Å². The SMILES string of the molecule is CCN1C=CC(=Cc2ccc([N+](=O)[O-])cc2[N+](=O)[O-])c2cc(C(C)=O)ccc21. The standard InChI is InChI=1S/C20H17N3O5/c1-3-21-9-8-15(18-11-14(13(2)24)5-7-19(18)21)10-16-4-6-17(22(25)26)12-20(16)23(27)28/h4-12H,3H2,1-2H3. The maximum atomic E-state index is 11.8. The highest BCUT2D eigenvalue weighted by molar-refractivity contribution is 6.00. The van der Waals surface area contributed by atoms with E-state index in [0.29, 0.717) is 17.7 Å². The fourth-order valence-corrected chi connectivity index (χ4v) is 3.07. The van der Waals surface area contributed by atoms with Crippen LogP contribution in [0.1, 0.15) is 35.3 Å². The molecule has 0 unspecified atom stereocenters. The molecule has 2 aromatic carbocycles. The number of nitrogens with zero attached hydrogens (tertiary/aromatic N) is 3. The minimum Gasteiger partial charge on any atom is -0.348 e. The number of allylic oxidation sites excluding steroid dienone is 2. The number of non-ortho nitro benzene ring substituents is 1. The van der Waals surface area contributed by atoms with E-state index in [2.05, 4.69) is 0 Å². The molecular formula is C20H17N3O5. The van der Waals surface area contributed by atoms with E-state index in [1.54, 1.807) is 24.3 Å². The topological polar surface area (TPSA) is 107 Å². The zero-order valence-electron chi connectivity index (χ0n) is 15.3. The summed E-state index contributed by atoms with van der Waals surface area (Å²) in [7, 11) is 0. The van der Waals surface area contributed by atoms with Gasteiger partial charge in [-0.2, -0.15) is 0 Å². The largest absolute Gasteiger partial charge is 0.348 e. The van der Waals surface area contributed by atoms with Gasteiger partial charge in [0.2, 0.25) is 0 Å². The van der Waals surface area contributed by atoms with Gasteiger partial charge in [-0.25, -0.2) is 0 Å². The average Bonchev–Trinajstić information content (AvgIpc) is 2.67. The number of carbonyl (C=O) groups is 1. The maximum Gasteiger partial charge on any atom is 0.283 e. The number of carbonyl (C=O) groups excluding carboxylic acids is 1. The monoisotopic (exact) mass is 379 g/mol. The Morgan fingerprint density at radius 3 is 2.46 bits per heavy atom. The van der Waals surface area contributed by atoms with Crippen LogP contribution in [0.2, 0.25) is 0 Å². The van der Waals surface area contributed by atoms with Crippen molar-refractivity contribution in [3.63, 3.8) is 0 Å². The number of hydrogen-bond donors (Lipinski definition) is 0. The average molecular weight is 379 g/mol. The lowest BCUT2D eigenvalue weighted by Crippen LogP contribution is -2.19. The van der Waals surface area contributed by atoms with Crippen LogP contribution in [-0.2, 0) is 0 Å². The number of nitro groups is 2. The highest BCUT2D eigenvalue weighted by Gasteiger charge is 2.21. The first kappa shape index (κ1) is 19.0. The van der Waals surface area contributed by atoms with Crippen LogP contribution in [0.15, 0.2) is 48.7 Å². The molecule has 8 heteroatoms. The first-order valence-electron chi connectivity index (χ1n) is 8.56. The molecule has 142 valence electrons. The third kappa shape index (κ3) is 3.52. The van der Waals surface area contributed by atoms with Gasteiger partial charge in [0.15, 0.2) is 5.78 Å². The molecule has 0 spiro atoms. The summed E-state index contributed by atoms with van der Waals surface area (Å²) in [4.78, 5) is 34.8. The second-order valence-corrected chi connectivity index (χ2v) is 6.25. The molecule has 3 rings (SSSR count). The maximum absolute atomic E-state index is 11.8. The molecule has 28 heavy (non-hydrogen) atoms. The first-order chi connectivity index (χ1) is 13.3. The molecule has 0 radical (unpaired) electrons. The number of rotatable bonds is 5. The van der Waals surface area contributed by atoms with Crippen LogP contribution in [-0.4, -0.2) is 22.2 Å². The summed E-state index contributed by atoms with van der Waals surface area (Å²) in [6.07, 6.45) is 5.27. The summed E-state index contributed by atoms with van der Waals surface area (Å²) in [6, 6.07) is 8.89. The van der Waals surface area contributed by atoms with Gasteiger partial charge in [0.25, 0.3) is 11.4 Å². The van der Waals surface area contributed by atoms with E-state index in [-0.39, 0.29) is 22.7 Å². The fourth-order valence-electron chi connectivity index (χ4n) is 3.07. The number of hydrogen-bond acceptors (Lipinski definition) is 6. The summed E-state index contributed by atoms with van der Waals surface area (Å²) >= 11 is 0. The molecule has 8 nitrogen and oxygen atoms in total. The Balaban J connectivity index is 2.18. The van der Waals surface area contributed by atoms with Crippen molar-refractivity contribution in [1.82, 2.24) is 0 Å². The highest BCUT2D eigenvalue weighted by atomic mass is 16.6. The van der Waals surface area contributed by atoms with E-state index >= 15 is 0 Å². The Bertz CT molecular complexity index is 1060. The number of benzene rings is 2. The Kier molecular flexibility index (Phi) is 5.04. The van der Waals surface area contributed by atoms with Crippen molar-refractivity contribution >= 4 is 34.5 Å². The summed E-state index contributed by atoms with van der Waals surface area (Å²) in [5.74, 6) is -0.0823. The van der Waals surface area contributed by atoms with Gasteiger partial charge >= 0.3 is 0 Å². The van der Waals surface area contributed by atoms with Crippen molar-refractivity contribution in [2.24, 2.45) is 0 Å². The Labute approximate surface area is 160 Å². The van der Waals surface area contributed by atoms with Gasteiger partial charge in [-0.15, -0.1) is 0 Å². The number of ketones is 1. The van der Waals surface area contributed by atoms with Crippen LogP contribution < -0.4 is 4.90 Å². The van der Waals surface area contributed by atoms with E-state index < -0.39 is 9.85 Å². The van der Waals surface area contributed by atoms with Gasteiger partial charge in [0.1, 0.15) is 0 Å². The van der Waals surface area contributed by atoms with E-state index in [1.165, 1.54) is 19.1 Å². The van der Waals surface area contributed by atoms with E-state index in [4.69, 9.17) is 0 Å². The van der Waals surface area contributed by atoms with Crippen molar-refractivity contribution in [3.8, 4) is 0 Å². The number of fused-ring (bicyclic) bond motifs is 1.